The van der Waals surface area contributed by atoms with Crippen LogP contribution >= 0.6 is 0 Å². The fourth-order valence-corrected chi connectivity index (χ4v) is 5.78. The van der Waals surface area contributed by atoms with Gasteiger partial charge in [0.15, 0.2) is 0 Å². The van der Waals surface area contributed by atoms with E-state index < -0.39 is 0 Å². The molecule has 1 unspecified atom stereocenters. The molecule has 1 saturated heterocycles. The number of likely N-dealkylation sites (tertiary alicyclic amines) is 1. The third kappa shape index (κ3) is 4.30. The lowest BCUT2D eigenvalue weighted by Gasteiger charge is -2.51. The van der Waals surface area contributed by atoms with Crippen LogP contribution < -0.4 is 5.32 Å². The molecule has 0 aromatic heterocycles. The molecule has 4 atom stereocenters. The average molecular weight is 415 g/mol. The van der Waals surface area contributed by atoms with E-state index in [2.05, 4.69) is 49.2 Å². The first kappa shape index (κ1) is 21.8. The lowest BCUT2D eigenvalue weighted by atomic mass is 9.60. The molecule has 1 heterocycles. The maximum atomic E-state index is 12.3. The molecule has 1 aliphatic heterocycles. The zero-order valence-corrected chi connectivity index (χ0v) is 19.1. The number of fused-ring (bicyclic) bond motifs is 4. The molecule has 1 aromatic carbocycles. The summed E-state index contributed by atoms with van der Waals surface area (Å²) in [5, 5.41) is 3.62. The van der Waals surface area contributed by atoms with Gasteiger partial charge in [-0.25, -0.2) is 0 Å². The number of nitrogens with one attached hydrogen (secondary N) is 1. The molecule has 30 heavy (non-hydrogen) atoms. The molecule has 0 amide bonds. The van der Waals surface area contributed by atoms with Crippen LogP contribution in [0.3, 0.4) is 0 Å². The van der Waals surface area contributed by atoms with Crippen molar-refractivity contribution in [1.29, 1.82) is 0 Å². The third-order valence-corrected chi connectivity index (χ3v) is 7.79. The Morgan fingerprint density at radius 2 is 2.10 bits per heavy atom. The largest absolute Gasteiger partial charge is 0.462 e. The maximum Gasteiger partial charge on any atom is 0.320 e. The summed E-state index contributed by atoms with van der Waals surface area (Å²) in [5.74, 6) is 1.18. The van der Waals surface area contributed by atoms with E-state index in [0.29, 0.717) is 25.2 Å². The Labute approximate surface area is 181 Å². The van der Waals surface area contributed by atoms with Gasteiger partial charge in [-0.05, 0) is 67.5 Å². The van der Waals surface area contributed by atoms with Crippen molar-refractivity contribution in [3.63, 3.8) is 0 Å². The highest BCUT2D eigenvalue weighted by Crippen LogP contribution is 2.52. The molecule has 2 bridgehead atoms. The Kier molecular flexibility index (Phi) is 6.52. The van der Waals surface area contributed by atoms with Gasteiger partial charge < -0.3 is 9.47 Å². The van der Waals surface area contributed by atoms with Crippen molar-refractivity contribution >= 4 is 5.97 Å². The van der Waals surface area contributed by atoms with Gasteiger partial charge in [0.2, 0.25) is 0 Å². The number of nitrogens with zero attached hydrogens (tertiary/aromatic N) is 1. The summed E-state index contributed by atoms with van der Waals surface area (Å²) < 4.78 is 10.3. The number of rotatable bonds is 8. The second-order valence-corrected chi connectivity index (χ2v) is 9.90. The van der Waals surface area contributed by atoms with Crippen molar-refractivity contribution in [2.24, 2.45) is 11.8 Å². The maximum absolute atomic E-state index is 12.3. The summed E-state index contributed by atoms with van der Waals surface area (Å²) in [7, 11) is 1.62. The van der Waals surface area contributed by atoms with Crippen LogP contribution in [0.4, 0.5) is 0 Å². The smallest absolute Gasteiger partial charge is 0.320 e. The van der Waals surface area contributed by atoms with E-state index in [-0.39, 0.29) is 24.0 Å². The van der Waals surface area contributed by atoms with Crippen molar-refractivity contribution in [1.82, 2.24) is 10.2 Å². The van der Waals surface area contributed by atoms with Gasteiger partial charge in [-0.2, -0.15) is 0 Å². The zero-order valence-electron chi connectivity index (χ0n) is 19.1. The van der Waals surface area contributed by atoms with E-state index in [1.807, 2.05) is 0 Å². The number of aryl methyl sites for hydroxylation is 1. The molecule has 5 heteroatoms. The van der Waals surface area contributed by atoms with E-state index in [4.69, 9.17) is 9.47 Å². The first-order valence-electron chi connectivity index (χ1n) is 11.7. The molecule has 5 nitrogen and oxygen atoms in total. The predicted molar refractivity (Wildman–Crippen MR) is 119 cm³/mol. The first-order chi connectivity index (χ1) is 14.4. The molecule has 2 fully saturated rings. The topological polar surface area (TPSA) is 50.8 Å². The number of hydrogen-bond acceptors (Lipinski definition) is 5. The van der Waals surface area contributed by atoms with E-state index in [1.165, 1.54) is 48.9 Å². The Balaban J connectivity index is 1.63. The van der Waals surface area contributed by atoms with E-state index in [9.17, 15) is 4.79 Å². The molecular weight excluding hydrogens is 376 g/mol. The predicted octanol–water partition coefficient (Wildman–Crippen LogP) is 3.60. The van der Waals surface area contributed by atoms with Gasteiger partial charge >= 0.3 is 5.97 Å². The standard InChI is InChI=1S/C25H38N2O3/c1-17-6-9-20-21(14-17)25(3)10-5-11-27(16-19-7-8-19)24(18(25)2)23(20)26-15-22(28)30-13-12-29-4/h6,9,14,18-19,23-24,26H,5,7-8,10-13,15-16H2,1-4H3/t18-,23?,24-,25-/m0/s1. The van der Waals surface area contributed by atoms with Crippen LogP contribution in [0.25, 0.3) is 0 Å². The Morgan fingerprint density at radius 3 is 2.83 bits per heavy atom. The fraction of sp³-hybridized carbons (Fsp3) is 0.720. The van der Waals surface area contributed by atoms with Crippen molar-refractivity contribution in [3.8, 4) is 0 Å². The van der Waals surface area contributed by atoms with Gasteiger partial charge in [-0.1, -0.05) is 37.6 Å². The van der Waals surface area contributed by atoms with Gasteiger partial charge in [-0.3, -0.25) is 15.0 Å². The van der Waals surface area contributed by atoms with Crippen molar-refractivity contribution in [2.75, 3.05) is 40.0 Å². The van der Waals surface area contributed by atoms with Crippen molar-refractivity contribution < 1.29 is 14.3 Å². The van der Waals surface area contributed by atoms with Crippen LogP contribution in [0, 0.1) is 18.8 Å². The number of benzene rings is 1. The minimum Gasteiger partial charge on any atom is -0.462 e. The van der Waals surface area contributed by atoms with Gasteiger partial charge in [-0.15, -0.1) is 0 Å². The van der Waals surface area contributed by atoms with Gasteiger partial charge in [0.25, 0.3) is 0 Å². The summed E-state index contributed by atoms with van der Waals surface area (Å²) in [4.78, 5) is 15.1. The van der Waals surface area contributed by atoms with Crippen LogP contribution in [0.1, 0.15) is 62.3 Å². The zero-order chi connectivity index (χ0) is 21.3. The van der Waals surface area contributed by atoms with Crippen LogP contribution in [-0.2, 0) is 19.7 Å². The van der Waals surface area contributed by atoms with Gasteiger partial charge in [0.05, 0.1) is 13.2 Å². The molecule has 3 aliphatic rings. The Hall–Kier alpha value is -1.43. The van der Waals surface area contributed by atoms with Gasteiger partial charge in [0, 0.05) is 25.7 Å². The number of ether oxygens (including phenoxy) is 2. The SMILES string of the molecule is COCCOC(=O)CNC1c2ccc(C)cc2[C@@]2(C)CCCN(CC3CC3)[C@H]1[C@@H]2C. The summed E-state index contributed by atoms with van der Waals surface area (Å²) in [5.41, 5.74) is 4.35. The third-order valence-electron chi connectivity index (χ3n) is 7.79. The van der Waals surface area contributed by atoms with E-state index >= 15 is 0 Å². The second kappa shape index (κ2) is 8.97. The number of carbonyl (C=O) groups excluding carboxylic acids is 1. The molecule has 1 aromatic rings. The molecule has 0 radical (unpaired) electrons. The minimum atomic E-state index is -0.205. The summed E-state index contributed by atoms with van der Waals surface area (Å²) >= 11 is 0. The molecular formula is C25H38N2O3. The number of carbonyl (C=O) groups is 1. The van der Waals surface area contributed by atoms with Crippen molar-refractivity contribution in [2.45, 2.75) is 64.0 Å². The summed E-state index contributed by atoms with van der Waals surface area (Å²) in [6, 6.07) is 7.47. The molecule has 2 aliphatic carbocycles. The quantitative estimate of drug-likeness (QED) is 0.520. The fourth-order valence-electron chi connectivity index (χ4n) is 5.78. The first-order valence-corrected chi connectivity index (χ1v) is 11.7. The molecule has 4 rings (SSSR count). The molecule has 166 valence electrons. The average Bonchev–Trinajstić information content (AvgIpc) is 3.54. The Morgan fingerprint density at radius 1 is 1.30 bits per heavy atom. The number of esters is 1. The summed E-state index contributed by atoms with van der Waals surface area (Å²) in [6.45, 7) is 10.4. The highest BCUT2D eigenvalue weighted by atomic mass is 16.6. The van der Waals surface area contributed by atoms with E-state index in [0.717, 1.165) is 12.5 Å². The monoisotopic (exact) mass is 414 g/mol. The highest BCUT2D eigenvalue weighted by molar-refractivity contribution is 5.71. The molecule has 1 N–H and O–H groups in total. The lowest BCUT2D eigenvalue weighted by Crippen LogP contribution is -2.56. The lowest BCUT2D eigenvalue weighted by molar-refractivity contribution is -0.144. The minimum absolute atomic E-state index is 0.149. The van der Waals surface area contributed by atoms with Crippen LogP contribution in [0.5, 0.6) is 0 Å². The number of methoxy groups -OCH3 is 1. The molecule has 1 saturated carbocycles. The highest BCUT2D eigenvalue weighted by Gasteiger charge is 2.51. The van der Waals surface area contributed by atoms with Crippen LogP contribution in [0.2, 0.25) is 0 Å². The second-order valence-electron chi connectivity index (χ2n) is 9.90. The van der Waals surface area contributed by atoms with Crippen LogP contribution in [-0.4, -0.2) is 56.9 Å². The normalized spacial score (nSPS) is 31.1. The van der Waals surface area contributed by atoms with Gasteiger partial charge in [0.1, 0.15) is 6.61 Å². The van der Waals surface area contributed by atoms with Crippen molar-refractivity contribution in [3.05, 3.63) is 34.9 Å². The number of hydrogen-bond donors (Lipinski definition) is 1. The molecule has 0 spiro atoms. The van der Waals surface area contributed by atoms with Crippen LogP contribution in [0.15, 0.2) is 18.2 Å². The Bertz CT molecular complexity index is 763. The van der Waals surface area contributed by atoms with E-state index in [1.54, 1.807) is 7.11 Å². The summed E-state index contributed by atoms with van der Waals surface area (Å²) in [6.07, 6.45) is 5.21.